The van der Waals surface area contributed by atoms with Crippen molar-refractivity contribution in [2.45, 2.75) is 57.3 Å². The molecule has 206 valence electrons. The van der Waals surface area contributed by atoms with Crippen LogP contribution in [0.15, 0.2) is 54.6 Å². The number of carboxylic acids is 1. The van der Waals surface area contributed by atoms with Crippen LogP contribution in [0.4, 0.5) is 0 Å². The lowest BCUT2D eigenvalue weighted by atomic mass is 10.0. The topological polar surface area (TPSA) is 171 Å². The summed E-state index contributed by atoms with van der Waals surface area (Å²) >= 11 is 4.16. The van der Waals surface area contributed by atoms with Crippen molar-refractivity contribution >= 4 is 36.3 Å². The average Bonchev–Trinajstić information content (AvgIpc) is 2.87. The average molecular weight is 545 g/mol. The van der Waals surface area contributed by atoms with Crippen molar-refractivity contribution < 1.29 is 29.4 Å². The molecule has 0 aliphatic heterocycles. The first-order chi connectivity index (χ1) is 18.0. The van der Waals surface area contributed by atoms with Gasteiger partial charge in [0, 0.05) is 18.6 Å². The molecule has 0 bridgehead atoms. The molecule has 0 spiro atoms. The SMILES string of the molecule is CC(C)CC(N)C(=O)NC(Cc1ccc(O)cc1)C(=O)NC(CS)C(=O)NC(Cc1ccccc1)C(=O)O. The summed E-state index contributed by atoms with van der Waals surface area (Å²) in [4.78, 5) is 50.6. The summed E-state index contributed by atoms with van der Waals surface area (Å²) < 4.78 is 0. The predicted molar refractivity (Wildman–Crippen MR) is 147 cm³/mol. The second kappa shape index (κ2) is 15.0. The number of aromatic hydroxyl groups is 1. The summed E-state index contributed by atoms with van der Waals surface area (Å²) in [5.41, 5.74) is 7.37. The van der Waals surface area contributed by atoms with E-state index in [1.807, 2.05) is 13.8 Å². The van der Waals surface area contributed by atoms with E-state index in [1.54, 1.807) is 42.5 Å². The molecule has 0 fully saturated rings. The van der Waals surface area contributed by atoms with Gasteiger partial charge in [0.05, 0.1) is 6.04 Å². The van der Waals surface area contributed by atoms with Gasteiger partial charge in [-0.2, -0.15) is 12.6 Å². The second-order valence-electron chi connectivity index (χ2n) is 9.50. The zero-order chi connectivity index (χ0) is 28.2. The fourth-order valence-corrected chi connectivity index (χ4v) is 4.02. The van der Waals surface area contributed by atoms with Crippen LogP contribution in [0.5, 0.6) is 5.75 Å². The fourth-order valence-electron chi connectivity index (χ4n) is 3.76. The molecule has 2 aromatic rings. The molecule has 38 heavy (non-hydrogen) atoms. The van der Waals surface area contributed by atoms with Crippen LogP contribution in [0.25, 0.3) is 0 Å². The van der Waals surface area contributed by atoms with Gasteiger partial charge < -0.3 is 31.9 Å². The maximum absolute atomic E-state index is 13.2. The van der Waals surface area contributed by atoms with Crippen LogP contribution in [0.2, 0.25) is 0 Å². The van der Waals surface area contributed by atoms with E-state index in [4.69, 9.17) is 5.73 Å². The molecular formula is C27H36N4O6S. The number of phenols is 1. The smallest absolute Gasteiger partial charge is 0.326 e. The Morgan fingerprint density at radius 2 is 1.29 bits per heavy atom. The van der Waals surface area contributed by atoms with Crippen LogP contribution in [0, 0.1) is 5.92 Å². The minimum atomic E-state index is -1.22. The van der Waals surface area contributed by atoms with Crippen LogP contribution < -0.4 is 21.7 Å². The maximum atomic E-state index is 13.2. The van der Waals surface area contributed by atoms with E-state index in [9.17, 15) is 29.4 Å². The molecule has 0 saturated carbocycles. The molecule has 3 amide bonds. The zero-order valence-electron chi connectivity index (χ0n) is 21.5. The number of carboxylic acid groups (broad SMARTS) is 1. The van der Waals surface area contributed by atoms with E-state index < -0.39 is 47.9 Å². The van der Waals surface area contributed by atoms with Gasteiger partial charge in [0.2, 0.25) is 17.7 Å². The van der Waals surface area contributed by atoms with Crippen LogP contribution in [-0.2, 0) is 32.0 Å². The number of thiol groups is 1. The lowest BCUT2D eigenvalue weighted by Crippen LogP contribution is -2.58. The molecule has 4 atom stereocenters. The van der Waals surface area contributed by atoms with Gasteiger partial charge >= 0.3 is 5.97 Å². The van der Waals surface area contributed by atoms with Crippen LogP contribution >= 0.6 is 12.6 Å². The third kappa shape index (κ3) is 10.1. The summed E-state index contributed by atoms with van der Waals surface area (Å²) in [6.07, 6.45) is 0.542. The van der Waals surface area contributed by atoms with Crippen molar-refractivity contribution in [2.75, 3.05) is 5.75 Å². The first kappa shape index (κ1) is 30.7. The number of nitrogens with one attached hydrogen (secondary N) is 3. The Morgan fingerprint density at radius 3 is 1.84 bits per heavy atom. The molecule has 4 unspecified atom stereocenters. The van der Waals surface area contributed by atoms with E-state index in [0.29, 0.717) is 12.0 Å². The molecule has 10 nitrogen and oxygen atoms in total. The maximum Gasteiger partial charge on any atom is 0.326 e. The number of carbonyl (C=O) groups excluding carboxylic acids is 3. The van der Waals surface area contributed by atoms with Crippen molar-refractivity contribution in [1.29, 1.82) is 0 Å². The third-order valence-corrected chi connectivity index (χ3v) is 6.15. The lowest BCUT2D eigenvalue weighted by Gasteiger charge is -2.25. The van der Waals surface area contributed by atoms with E-state index in [2.05, 4.69) is 28.6 Å². The summed E-state index contributed by atoms with van der Waals surface area (Å²) in [6, 6.07) is 10.7. The number of carbonyl (C=O) groups is 4. The minimum absolute atomic E-state index is 0.0491. The standard InChI is InChI=1S/C27H36N4O6S/c1-16(2)12-20(28)24(33)29-21(13-18-8-10-19(32)11-9-18)25(34)31-23(15-38)26(35)30-22(27(36)37)14-17-6-4-3-5-7-17/h3-11,16,20-23,32,38H,12-15,28H2,1-2H3,(H,29,33)(H,30,35)(H,31,34)(H,36,37). The van der Waals surface area contributed by atoms with E-state index >= 15 is 0 Å². The highest BCUT2D eigenvalue weighted by Gasteiger charge is 2.30. The van der Waals surface area contributed by atoms with E-state index in [-0.39, 0.29) is 30.3 Å². The number of rotatable bonds is 14. The molecule has 0 aromatic heterocycles. The van der Waals surface area contributed by atoms with Gasteiger partial charge in [0.15, 0.2) is 0 Å². The Morgan fingerprint density at radius 1 is 0.789 bits per heavy atom. The monoisotopic (exact) mass is 544 g/mol. The summed E-state index contributed by atoms with van der Waals surface area (Å²) in [7, 11) is 0. The molecule has 11 heteroatoms. The van der Waals surface area contributed by atoms with Gasteiger partial charge in [-0.05, 0) is 35.6 Å². The first-order valence-electron chi connectivity index (χ1n) is 12.3. The Labute approximate surface area is 227 Å². The van der Waals surface area contributed by atoms with Crippen molar-refractivity contribution in [3.63, 3.8) is 0 Å². The minimum Gasteiger partial charge on any atom is -0.508 e. The van der Waals surface area contributed by atoms with Crippen LogP contribution in [0.1, 0.15) is 31.4 Å². The number of benzene rings is 2. The van der Waals surface area contributed by atoms with Gasteiger partial charge in [-0.1, -0.05) is 56.3 Å². The van der Waals surface area contributed by atoms with Crippen LogP contribution in [0.3, 0.4) is 0 Å². The number of aliphatic carboxylic acids is 1. The van der Waals surface area contributed by atoms with E-state index in [1.165, 1.54) is 12.1 Å². The number of hydrogen-bond donors (Lipinski definition) is 7. The predicted octanol–water partition coefficient (Wildman–Crippen LogP) is 1.02. The molecular weight excluding hydrogens is 508 g/mol. The van der Waals surface area contributed by atoms with Crippen molar-refractivity contribution in [3.05, 3.63) is 65.7 Å². The number of hydrogen-bond acceptors (Lipinski definition) is 7. The molecule has 0 heterocycles. The number of nitrogens with two attached hydrogens (primary N) is 1. The lowest BCUT2D eigenvalue weighted by molar-refractivity contribution is -0.142. The highest BCUT2D eigenvalue weighted by Crippen LogP contribution is 2.12. The first-order valence-corrected chi connectivity index (χ1v) is 13.0. The molecule has 7 N–H and O–H groups in total. The fraction of sp³-hybridized carbons (Fsp3) is 0.407. The summed E-state index contributed by atoms with van der Waals surface area (Å²) in [5.74, 6) is -3.01. The Hall–Kier alpha value is -3.57. The largest absolute Gasteiger partial charge is 0.508 e. The van der Waals surface area contributed by atoms with Gasteiger partial charge in [-0.3, -0.25) is 14.4 Å². The van der Waals surface area contributed by atoms with Crippen LogP contribution in [-0.4, -0.2) is 63.8 Å². The quantitative estimate of drug-likeness (QED) is 0.174. The summed E-state index contributed by atoms with van der Waals surface area (Å²) in [6.45, 7) is 3.84. The Kier molecular flexibility index (Phi) is 12.1. The molecule has 2 aromatic carbocycles. The molecule has 0 aliphatic carbocycles. The number of phenolic OH excluding ortho intramolecular Hbond substituents is 1. The van der Waals surface area contributed by atoms with Gasteiger partial charge in [-0.15, -0.1) is 0 Å². The van der Waals surface area contributed by atoms with Gasteiger partial charge in [0.25, 0.3) is 0 Å². The van der Waals surface area contributed by atoms with Gasteiger partial charge in [-0.25, -0.2) is 4.79 Å². The van der Waals surface area contributed by atoms with Crippen molar-refractivity contribution in [1.82, 2.24) is 16.0 Å². The highest BCUT2D eigenvalue weighted by molar-refractivity contribution is 7.80. The summed E-state index contributed by atoms with van der Waals surface area (Å²) in [5, 5.41) is 26.8. The molecule has 0 saturated heterocycles. The van der Waals surface area contributed by atoms with E-state index in [0.717, 1.165) is 5.56 Å². The third-order valence-electron chi connectivity index (χ3n) is 5.78. The van der Waals surface area contributed by atoms with Gasteiger partial charge in [0.1, 0.15) is 23.9 Å². The van der Waals surface area contributed by atoms with Crippen molar-refractivity contribution in [2.24, 2.45) is 11.7 Å². The highest BCUT2D eigenvalue weighted by atomic mass is 32.1. The second-order valence-corrected chi connectivity index (χ2v) is 9.87. The molecule has 0 radical (unpaired) electrons. The Balaban J connectivity index is 2.15. The zero-order valence-corrected chi connectivity index (χ0v) is 22.4. The van der Waals surface area contributed by atoms with Crippen molar-refractivity contribution in [3.8, 4) is 5.75 Å². The molecule has 2 rings (SSSR count). The molecule has 0 aliphatic rings. The normalized spacial score (nSPS) is 14.1. The number of amides is 3. The Bertz CT molecular complexity index is 1080.